The molecule has 1 amide bonds. The molecule has 1 N–H and O–H groups in total. The lowest BCUT2D eigenvalue weighted by Gasteiger charge is -2.06. The molecule has 0 aliphatic heterocycles. The Morgan fingerprint density at radius 3 is 2.71 bits per heavy atom. The maximum Gasteiger partial charge on any atom is 0.274 e. The number of fused-ring (bicyclic) bond motifs is 1. The Hall–Kier alpha value is -1.91. The molecule has 3 nitrogen and oxygen atoms in total. The van der Waals surface area contributed by atoms with Gasteiger partial charge in [0.15, 0.2) is 0 Å². The van der Waals surface area contributed by atoms with E-state index in [2.05, 4.69) is 26.2 Å². The number of carbonyl (C=O) groups is 1. The van der Waals surface area contributed by atoms with Crippen LogP contribution in [0.2, 0.25) is 5.02 Å². The summed E-state index contributed by atoms with van der Waals surface area (Å²) in [5, 5.41) is 4.33. The first-order chi connectivity index (χ1) is 10.1. The molecule has 0 saturated carbocycles. The van der Waals surface area contributed by atoms with Gasteiger partial charge in [0.25, 0.3) is 5.91 Å². The van der Waals surface area contributed by atoms with Crippen LogP contribution in [0.3, 0.4) is 0 Å². The van der Waals surface area contributed by atoms with Gasteiger partial charge < -0.3 is 5.32 Å². The number of amides is 1. The second kappa shape index (κ2) is 5.84. The van der Waals surface area contributed by atoms with E-state index in [4.69, 9.17) is 11.6 Å². The molecule has 21 heavy (non-hydrogen) atoms. The van der Waals surface area contributed by atoms with Crippen molar-refractivity contribution < 1.29 is 4.79 Å². The van der Waals surface area contributed by atoms with Crippen molar-refractivity contribution >= 4 is 50.0 Å². The third-order valence-corrected chi connectivity index (χ3v) is 4.24. The number of nitrogens with one attached hydrogen (secondary N) is 1. The van der Waals surface area contributed by atoms with Crippen LogP contribution >= 0.6 is 27.5 Å². The Labute approximate surface area is 135 Å². The van der Waals surface area contributed by atoms with Gasteiger partial charge in [-0.1, -0.05) is 35.9 Å². The van der Waals surface area contributed by atoms with Crippen LogP contribution in [0.1, 0.15) is 10.5 Å². The van der Waals surface area contributed by atoms with E-state index in [1.165, 1.54) is 0 Å². The van der Waals surface area contributed by atoms with Crippen LogP contribution in [0.25, 0.3) is 10.9 Å². The van der Waals surface area contributed by atoms with Crippen molar-refractivity contribution in [1.29, 1.82) is 0 Å². The number of benzene rings is 2. The Morgan fingerprint density at radius 1 is 1.10 bits per heavy atom. The summed E-state index contributed by atoms with van der Waals surface area (Å²) in [6.45, 7) is 0. The zero-order valence-electron chi connectivity index (χ0n) is 10.8. The fourth-order valence-corrected chi connectivity index (χ4v) is 2.39. The Kier molecular flexibility index (Phi) is 3.90. The summed E-state index contributed by atoms with van der Waals surface area (Å²) in [5.41, 5.74) is 1.79. The van der Waals surface area contributed by atoms with Crippen molar-refractivity contribution in [2.24, 2.45) is 0 Å². The molecule has 1 aromatic heterocycles. The fraction of sp³-hybridized carbons (Fsp3) is 0. The second-order valence-corrected chi connectivity index (χ2v) is 5.73. The van der Waals surface area contributed by atoms with Crippen LogP contribution in [0.5, 0.6) is 0 Å². The number of hydrogen-bond donors (Lipinski definition) is 1. The largest absolute Gasteiger partial charge is 0.321 e. The number of halogens is 2. The van der Waals surface area contributed by atoms with Gasteiger partial charge in [-0.3, -0.25) is 4.79 Å². The van der Waals surface area contributed by atoms with Crippen molar-refractivity contribution in [3.63, 3.8) is 0 Å². The minimum Gasteiger partial charge on any atom is -0.321 e. The van der Waals surface area contributed by atoms with Crippen LogP contribution in [0.4, 0.5) is 5.69 Å². The van der Waals surface area contributed by atoms with Crippen molar-refractivity contribution in [2.75, 3.05) is 5.32 Å². The molecule has 3 aromatic rings. The molecule has 0 unspecified atom stereocenters. The average Bonchev–Trinajstić information content (AvgIpc) is 2.50. The molecule has 5 heteroatoms. The first kappa shape index (κ1) is 14.0. The number of rotatable bonds is 2. The highest BCUT2D eigenvalue weighted by Crippen LogP contribution is 2.25. The van der Waals surface area contributed by atoms with Gasteiger partial charge in [0.05, 0.1) is 10.5 Å². The topological polar surface area (TPSA) is 42.0 Å². The summed E-state index contributed by atoms with van der Waals surface area (Å²) in [6.07, 6.45) is 0. The summed E-state index contributed by atoms with van der Waals surface area (Å²) >= 11 is 9.32. The SMILES string of the molecule is O=C(Nc1ccc(Br)c(Cl)c1)c1ccc2ccccc2n1. The van der Waals surface area contributed by atoms with Crippen molar-refractivity contribution in [1.82, 2.24) is 4.98 Å². The third-order valence-electron chi connectivity index (χ3n) is 3.01. The van der Waals surface area contributed by atoms with E-state index >= 15 is 0 Å². The summed E-state index contributed by atoms with van der Waals surface area (Å²) in [7, 11) is 0. The first-order valence-electron chi connectivity index (χ1n) is 6.26. The fourth-order valence-electron chi connectivity index (χ4n) is 1.96. The first-order valence-corrected chi connectivity index (χ1v) is 7.43. The summed E-state index contributed by atoms with van der Waals surface area (Å²) in [4.78, 5) is 16.6. The predicted octanol–water partition coefficient (Wildman–Crippen LogP) is 4.90. The van der Waals surface area contributed by atoms with Gasteiger partial charge in [0.2, 0.25) is 0 Å². The summed E-state index contributed by atoms with van der Waals surface area (Å²) < 4.78 is 0.783. The van der Waals surface area contributed by atoms with Crippen molar-refractivity contribution in [3.8, 4) is 0 Å². The molecule has 0 bridgehead atoms. The van der Waals surface area contributed by atoms with Crippen LogP contribution < -0.4 is 5.32 Å². The molecule has 3 rings (SSSR count). The summed E-state index contributed by atoms with van der Waals surface area (Å²) in [5.74, 6) is -0.265. The molecule has 104 valence electrons. The number of nitrogens with zero attached hydrogens (tertiary/aromatic N) is 1. The van der Waals surface area contributed by atoms with Gasteiger partial charge in [-0.05, 0) is 46.3 Å². The Balaban J connectivity index is 1.87. The Morgan fingerprint density at radius 2 is 1.90 bits per heavy atom. The number of aromatic nitrogens is 1. The van der Waals surface area contributed by atoms with Gasteiger partial charge in [-0.2, -0.15) is 0 Å². The molecule has 1 heterocycles. The quantitative estimate of drug-likeness (QED) is 0.705. The second-order valence-electron chi connectivity index (χ2n) is 4.47. The van der Waals surface area contributed by atoms with E-state index in [9.17, 15) is 4.79 Å². The van der Waals surface area contributed by atoms with Gasteiger partial charge in [-0.25, -0.2) is 4.98 Å². The molecule has 0 spiro atoms. The highest BCUT2D eigenvalue weighted by atomic mass is 79.9. The van der Waals surface area contributed by atoms with E-state index in [1.807, 2.05) is 30.3 Å². The number of anilines is 1. The number of para-hydroxylation sites is 1. The third kappa shape index (κ3) is 3.06. The van der Waals surface area contributed by atoms with Crippen molar-refractivity contribution in [3.05, 3.63) is 69.8 Å². The summed E-state index contributed by atoms with van der Waals surface area (Å²) in [6, 6.07) is 16.5. The van der Waals surface area contributed by atoms with Crippen LogP contribution in [-0.2, 0) is 0 Å². The standard InChI is InChI=1S/C16H10BrClN2O/c17-12-7-6-11(9-13(12)18)19-16(21)15-8-5-10-3-1-2-4-14(10)20-15/h1-9H,(H,19,21). The molecule has 0 aliphatic rings. The smallest absolute Gasteiger partial charge is 0.274 e. The number of pyridine rings is 1. The Bertz CT molecular complexity index is 835. The molecule has 0 radical (unpaired) electrons. The minimum absolute atomic E-state index is 0.265. The predicted molar refractivity (Wildman–Crippen MR) is 88.8 cm³/mol. The van der Waals surface area contributed by atoms with E-state index < -0.39 is 0 Å². The van der Waals surface area contributed by atoms with E-state index in [1.54, 1.807) is 24.3 Å². The lowest BCUT2D eigenvalue weighted by Crippen LogP contribution is -2.13. The molecule has 0 fully saturated rings. The monoisotopic (exact) mass is 360 g/mol. The molecule has 0 saturated heterocycles. The van der Waals surface area contributed by atoms with Gasteiger partial charge in [0, 0.05) is 15.5 Å². The normalized spacial score (nSPS) is 10.6. The van der Waals surface area contributed by atoms with Gasteiger partial charge in [0.1, 0.15) is 5.69 Å². The van der Waals surface area contributed by atoms with Crippen molar-refractivity contribution in [2.45, 2.75) is 0 Å². The zero-order chi connectivity index (χ0) is 14.8. The number of hydrogen-bond acceptors (Lipinski definition) is 2. The molecule has 0 aliphatic carbocycles. The highest BCUT2D eigenvalue weighted by Gasteiger charge is 2.09. The van der Waals surface area contributed by atoms with Gasteiger partial charge >= 0.3 is 0 Å². The van der Waals surface area contributed by atoms with Crippen LogP contribution in [0.15, 0.2) is 59.1 Å². The molecular weight excluding hydrogens is 352 g/mol. The molecular formula is C16H10BrClN2O. The van der Waals surface area contributed by atoms with E-state index in [0.29, 0.717) is 16.4 Å². The lowest BCUT2D eigenvalue weighted by molar-refractivity contribution is 0.102. The minimum atomic E-state index is -0.265. The molecule has 0 atom stereocenters. The van der Waals surface area contributed by atoms with E-state index in [-0.39, 0.29) is 5.91 Å². The zero-order valence-corrected chi connectivity index (χ0v) is 13.1. The lowest BCUT2D eigenvalue weighted by atomic mass is 10.2. The average molecular weight is 362 g/mol. The van der Waals surface area contributed by atoms with Crippen LogP contribution in [-0.4, -0.2) is 10.9 Å². The van der Waals surface area contributed by atoms with Gasteiger partial charge in [-0.15, -0.1) is 0 Å². The molecule has 2 aromatic carbocycles. The van der Waals surface area contributed by atoms with E-state index in [0.717, 1.165) is 15.4 Å². The highest BCUT2D eigenvalue weighted by molar-refractivity contribution is 9.10. The maximum atomic E-state index is 12.2. The maximum absolute atomic E-state index is 12.2. The van der Waals surface area contributed by atoms with Crippen LogP contribution in [0, 0.1) is 0 Å². The number of carbonyl (C=O) groups excluding carboxylic acids is 1.